The van der Waals surface area contributed by atoms with Gasteiger partial charge in [-0.1, -0.05) is 23.2 Å². The standard InChI is InChI=1S/C2H6Cl2Si2/c3-1(5)2(4)6/h5-6H3. The molecule has 0 saturated heterocycles. The van der Waals surface area contributed by atoms with Crippen LogP contribution in [0.2, 0.25) is 0 Å². The highest BCUT2D eigenvalue weighted by Crippen LogP contribution is 2.03. The predicted molar refractivity (Wildman–Crippen MR) is 38.6 cm³/mol. The Labute approximate surface area is 53.4 Å². The molecule has 0 bridgehead atoms. The molecule has 0 aromatic rings. The Morgan fingerprint density at radius 1 is 1.00 bits per heavy atom. The monoisotopic (exact) mass is 156 g/mol. The van der Waals surface area contributed by atoms with E-state index >= 15 is 0 Å². The van der Waals surface area contributed by atoms with Gasteiger partial charge in [-0.15, -0.1) is 0 Å². The van der Waals surface area contributed by atoms with E-state index in [4.69, 9.17) is 23.2 Å². The Kier molecular flexibility index (Phi) is 3.21. The van der Waals surface area contributed by atoms with Crippen molar-refractivity contribution >= 4 is 43.7 Å². The van der Waals surface area contributed by atoms with Crippen molar-refractivity contribution in [3.05, 3.63) is 9.31 Å². The molecule has 0 fully saturated rings. The molecule has 0 spiro atoms. The summed E-state index contributed by atoms with van der Waals surface area (Å²) in [5, 5.41) is 0. The highest BCUT2D eigenvalue weighted by Gasteiger charge is 1.81. The van der Waals surface area contributed by atoms with E-state index in [2.05, 4.69) is 0 Å². The van der Waals surface area contributed by atoms with Crippen molar-refractivity contribution in [2.45, 2.75) is 0 Å². The molecule has 0 radical (unpaired) electrons. The average Bonchev–Trinajstić information content (AvgIpc) is 1.36. The molecule has 0 aliphatic carbocycles. The predicted octanol–water partition coefficient (Wildman–Crippen LogP) is -0.679. The van der Waals surface area contributed by atoms with E-state index in [1.807, 2.05) is 0 Å². The van der Waals surface area contributed by atoms with Crippen molar-refractivity contribution in [2.24, 2.45) is 0 Å². The molecule has 4 heteroatoms. The van der Waals surface area contributed by atoms with E-state index in [1.165, 1.54) is 0 Å². The van der Waals surface area contributed by atoms with Crippen LogP contribution in [-0.2, 0) is 0 Å². The van der Waals surface area contributed by atoms with E-state index in [0.29, 0.717) is 0 Å². The Hall–Kier alpha value is 0.754. The van der Waals surface area contributed by atoms with E-state index in [0.717, 1.165) is 29.8 Å². The Bertz CT molecular complexity index is 59.6. The van der Waals surface area contributed by atoms with Gasteiger partial charge >= 0.3 is 0 Å². The third kappa shape index (κ3) is 2.96. The van der Waals surface area contributed by atoms with Gasteiger partial charge in [-0.3, -0.25) is 0 Å². The topological polar surface area (TPSA) is 0 Å². The molecule has 36 valence electrons. The lowest BCUT2D eigenvalue weighted by Gasteiger charge is -1.82. The zero-order valence-electron chi connectivity index (χ0n) is 3.76. The third-order valence-corrected chi connectivity index (χ3v) is 4.27. The van der Waals surface area contributed by atoms with Crippen molar-refractivity contribution in [1.29, 1.82) is 0 Å². The van der Waals surface area contributed by atoms with Crippen LogP contribution in [0.5, 0.6) is 0 Å². The van der Waals surface area contributed by atoms with Crippen molar-refractivity contribution in [3.63, 3.8) is 0 Å². The minimum atomic E-state index is 0.864. The summed E-state index contributed by atoms with van der Waals surface area (Å²) >= 11 is 10.9. The molecule has 0 amide bonds. The second-order valence-electron chi connectivity index (χ2n) is 1.07. The van der Waals surface area contributed by atoms with E-state index < -0.39 is 0 Å². The van der Waals surface area contributed by atoms with Crippen LogP contribution in [0, 0.1) is 0 Å². The molecule has 0 aromatic heterocycles. The first kappa shape index (κ1) is 6.75. The summed E-state index contributed by atoms with van der Waals surface area (Å²) in [6.07, 6.45) is 0. The Morgan fingerprint density at radius 3 is 1.17 bits per heavy atom. The average molecular weight is 157 g/mol. The highest BCUT2D eigenvalue weighted by molar-refractivity contribution is 6.64. The summed E-state index contributed by atoms with van der Waals surface area (Å²) in [6, 6.07) is 0. The lowest BCUT2D eigenvalue weighted by molar-refractivity contribution is 2.24. The number of halogens is 2. The summed E-state index contributed by atoms with van der Waals surface area (Å²) in [5.41, 5.74) is 0. The number of rotatable bonds is 0. The van der Waals surface area contributed by atoms with E-state index in [-0.39, 0.29) is 0 Å². The summed E-state index contributed by atoms with van der Waals surface area (Å²) < 4.78 is 1.73. The van der Waals surface area contributed by atoms with Gasteiger partial charge in [0.1, 0.15) is 0 Å². The van der Waals surface area contributed by atoms with Gasteiger partial charge in [0.15, 0.2) is 0 Å². The van der Waals surface area contributed by atoms with Crippen LogP contribution in [0.1, 0.15) is 0 Å². The fourth-order valence-corrected chi connectivity index (χ4v) is 0. The summed E-state index contributed by atoms with van der Waals surface area (Å²) in [6.45, 7) is 0. The van der Waals surface area contributed by atoms with Crippen molar-refractivity contribution in [2.75, 3.05) is 0 Å². The molecule has 0 aliphatic heterocycles. The SMILES string of the molecule is [SiH3]C(Cl)=C([SiH3])Cl. The van der Waals surface area contributed by atoms with Gasteiger partial charge in [0.2, 0.25) is 0 Å². The van der Waals surface area contributed by atoms with Gasteiger partial charge in [0.25, 0.3) is 0 Å². The first-order valence-electron chi connectivity index (χ1n) is 1.63. The molecule has 0 heterocycles. The van der Waals surface area contributed by atoms with Crippen LogP contribution in [0.4, 0.5) is 0 Å². The van der Waals surface area contributed by atoms with Crippen molar-refractivity contribution in [3.8, 4) is 0 Å². The van der Waals surface area contributed by atoms with Gasteiger partial charge in [-0.25, -0.2) is 0 Å². The summed E-state index contributed by atoms with van der Waals surface area (Å²) in [4.78, 5) is 0. The lowest BCUT2D eigenvalue weighted by atomic mass is 11.2. The second kappa shape index (κ2) is 2.85. The van der Waals surface area contributed by atoms with Crippen LogP contribution in [0.3, 0.4) is 0 Å². The van der Waals surface area contributed by atoms with Gasteiger partial charge in [-0.2, -0.15) is 0 Å². The van der Waals surface area contributed by atoms with E-state index in [1.54, 1.807) is 0 Å². The smallest absolute Gasteiger partial charge is 0.0541 e. The number of hydrogen-bond acceptors (Lipinski definition) is 0. The minimum Gasteiger partial charge on any atom is -0.0946 e. The highest BCUT2D eigenvalue weighted by atomic mass is 35.5. The molecule has 0 nitrogen and oxygen atoms in total. The van der Waals surface area contributed by atoms with Gasteiger partial charge in [0, 0.05) is 9.31 Å². The molecule has 0 aliphatic rings. The number of hydrogen-bond donors (Lipinski definition) is 0. The van der Waals surface area contributed by atoms with Crippen molar-refractivity contribution in [1.82, 2.24) is 0 Å². The van der Waals surface area contributed by atoms with Gasteiger partial charge < -0.3 is 0 Å². The van der Waals surface area contributed by atoms with Crippen molar-refractivity contribution < 1.29 is 0 Å². The van der Waals surface area contributed by atoms with Gasteiger partial charge in [-0.05, 0) is 0 Å². The molecular weight excluding hydrogens is 151 g/mol. The molecule has 0 aromatic carbocycles. The first-order chi connectivity index (χ1) is 2.64. The quantitative estimate of drug-likeness (QED) is 0.409. The summed E-state index contributed by atoms with van der Waals surface area (Å²) in [5.74, 6) is 0. The second-order valence-corrected chi connectivity index (χ2v) is 5.47. The molecule has 0 N–H and O–H groups in total. The molecule has 0 saturated carbocycles. The van der Waals surface area contributed by atoms with Crippen LogP contribution in [0.25, 0.3) is 0 Å². The van der Waals surface area contributed by atoms with Gasteiger partial charge in [0.05, 0.1) is 20.5 Å². The van der Waals surface area contributed by atoms with Crippen LogP contribution < -0.4 is 0 Å². The Morgan fingerprint density at radius 2 is 1.17 bits per heavy atom. The maximum absolute atomic E-state index is 5.46. The van der Waals surface area contributed by atoms with Crippen LogP contribution in [0.15, 0.2) is 9.31 Å². The van der Waals surface area contributed by atoms with Crippen LogP contribution in [-0.4, -0.2) is 20.5 Å². The molecule has 6 heavy (non-hydrogen) atoms. The largest absolute Gasteiger partial charge is 0.0946 e. The zero-order valence-corrected chi connectivity index (χ0v) is 9.27. The van der Waals surface area contributed by atoms with E-state index in [9.17, 15) is 0 Å². The lowest BCUT2D eigenvalue weighted by Crippen LogP contribution is -1.72. The summed E-state index contributed by atoms with van der Waals surface area (Å²) in [7, 11) is 1.80. The normalized spacial score (nSPS) is 15.0. The zero-order chi connectivity index (χ0) is 5.15. The fourth-order valence-electron chi connectivity index (χ4n) is 0. The fraction of sp³-hybridized carbons (Fsp3) is 0. The first-order valence-corrected chi connectivity index (χ1v) is 4.38. The maximum atomic E-state index is 5.46. The molecular formula is C2H6Cl2Si2. The molecule has 0 unspecified atom stereocenters. The van der Waals surface area contributed by atoms with Crippen LogP contribution >= 0.6 is 23.2 Å². The molecule has 0 rings (SSSR count). The minimum absolute atomic E-state index is 0.864. The molecule has 0 atom stereocenters. The Balaban J connectivity index is 3.68. The third-order valence-electron chi connectivity index (χ3n) is 0.475. The maximum Gasteiger partial charge on any atom is 0.0541 e.